The molecule has 3 aromatic rings. The zero-order valence-electron chi connectivity index (χ0n) is 19.5. The maximum atomic E-state index is 6.13. The van der Waals surface area contributed by atoms with Crippen LogP contribution in [0.5, 0.6) is 5.75 Å². The van der Waals surface area contributed by atoms with Crippen LogP contribution in [0.15, 0.2) is 42.5 Å². The third kappa shape index (κ3) is 5.52. The fraction of sp³-hybridized carbons (Fsp3) is 0.423. The third-order valence-electron chi connectivity index (χ3n) is 6.16. The lowest BCUT2D eigenvalue weighted by Gasteiger charge is -2.33. The molecule has 0 radical (unpaired) electrons. The second-order valence-corrected chi connectivity index (χ2v) is 9.50. The molecule has 32 heavy (non-hydrogen) atoms. The number of benzene rings is 2. The van der Waals surface area contributed by atoms with E-state index < -0.39 is 0 Å². The van der Waals surface area contributed by atoms with Crippen LogP contribution in [-0.2, 0) is 0 Å². The Bertz CT molecular complexity index is 1040. The topological polar surface area (TPSA) is 44.4 Å². The second kappa shape index (κ2) is 10.1. The van der Waals surface area contributed by atoms with Crippen molar-refractivity contribution in [3.63, 3.8) is 0 Å². The molecule has 170 valence electrons. The minimum Gasteiger partial charge on any atom is -0.493 e. The lowest BCUT2D eigenvalue weighted by molar-refractivity contribution is 0.123. The first-order valence-electron chi connectivity index (χ1n) is 11.4. The van der Waals surface area contributed by atoms with Crippen LogP contribution in [0, 0.1) is 19.8 Å². The molecular weight excluding hydrogens is 420 g/mol. The predicted octanol–water partition coefficient (Wildman–Crippen LogP) is 5.28. The average molecular weight is 453 g/mol. The molecule has 1 unspecified atom stereocenters. The molecule has 0 bridgehead atoms. The number of ether oxygens (including phenoxy) is 1. The van der Waals surface area contributed by atoms with E-state index in [1.165, 1.54) is 0 Å². The Morgan fingerprint density at radius 3 is 2.47 bits per heavy atom. The monoisotopic (exact) mass is 452 g/mol. The van der Waals surface area contributed by atoms with Gasteiger partial charge in [0.1, 0.15) is 11.6 Å². The molecule has 2 heterocycles. The summed E-state index contributed by atoms with van der Waals surface area (Å²) < 4.78 is 6.13. The number of H-pyrrole nitrogens is 1. The van der Waals surface area contributed by atoms with Crippen LogP contribution in [0.4, 0.5) is 0 Å². The SMILES string of the molecule is Cc1cc(OCC(C)CN2CCN(C)CC2)ccc1-c1nc(-c2ccc(Cl)cc2)c(C)[nH]1. The van der Waals surface area contributed by atoms with Gasteiger partial charge in [-0.25, -0.2) is 4.98 Å². The van der Waals surface area contributed by atoms with Crippen LogP contribution >= 0.6 is 11.6 Å². The molecule has 1 aliphatic rings. The van der Waals surface area contributed by atoms with Gasteiger partial charge in [-0.3, -0.25) is 0 Å². The molecule has 5 nitrogen and oxygen atoms in total. The van der Waals surface area contributed by atoms with E-state index in [0.29, 0.717) is 5.92 Å². The van der Waals surface area contributed by atoms with Crippen molar-refractivity contribution in [2.24, 2.45) is 5.92 Å². The van der Waals surface area contributed by atoms with Crippen LogP contribution in [0.3, 0.4) is 0 Å². The number of aromatic amines is 1. The third-order valence-corrected chi connectivity index (χ3v) is 6.41. The summed E-state index contributed by atoms with van der Waals surface area (Å²) in [5.74, 6) is 2.28. The van der Waals surface area contributed by atoms with Crippen molar-refractivity contribution in [2.45, 2.75) is 20.8 Å². The number of rotatable bonds is 7. The van der Waals surface area contributed by atoms with Gasteiger partial charge in [-0.1, -0.05) is 30.7 Å². The van der Waals surface area contributed by atoms with Gasteiger partial charge in [-0.15, -0.1) is 0 Å². The van der Waals surface area contributed by atoms with Gasteiger partial charge in [0.25, 0.3) is 0 Å². The first kappa shape index (κ1) is 22.8. The summed E-state index contributed by atoms with van der Waals surface area (Å²) >= 11 is 6.03. The summed E-state index contributed by atoms with van der Waals surface area (Å²) in [4.78, 5) is 13.2. The Hall–Kier alpha value is -2.34. The molecule has 2 aromatic carbocycles. The van der Waals surface area contributed by atoms with Gasteiger partial charge in [-0.05, 0) is 56.8 Å². The number of nitrogens with zero attached hydrogens (tertiary/aromatic N) is 3. The second-order valence-electron chi connectivity index (χ2n) is 9.06. The van der Waals surface area contributed by atoms with E-state index in [1.54, 1.807) is 0 Å². The Morgan fingerprint density at radius 2 is 1.78 bits per heavy atom. The summed E-state index contributed by atoms with van der Waals surface area (Å²) in [6, 6.07) is 14.0. The molecule has 1 N–H and O–H groups in total. The standard InChI is InChI=1S/C26H33ClN4O/c1-18(16-31-13-11-30(4)12-14-31)17-32-23-9-10-24(19(2)15-23)26-28-20(3)25(29-26)21-5-7-22(27)8-6-21/h5-10,15,18H,11-14,16-17H2,1-4H3,(H,28,29). The van der Waals surface area contributed by atoms with E-state index in [9.17, 15) is 0 Å². The molecule has 4 rings (SSSR count). The number of imidazole rings is 1. The summed E-state index contributed by atoms with van der Waals surface area (Å²) in [5, 5.41) is 0.728. The first-order valence-corrected chi connectivity index (χ1v) is 11.7. The molecule has 0 aliphatic carbocycles. The number of halogens is 1. The maximum absolute atomic E-state index is 6.13. The molecule has 1 aromatic heterocycles. The number of piperazine rings is 1. The normalized spacial score (nSPS) is 16.3. The van der Waals surface area contributed by atoms with Gasteiger partial charge in [0.05, 0.1) is 12.3 Å². The number of aromatic nitrogens is 2. The van der Waals surface area contributed by atoms with E-state index >= 15 is 0 Å². The molecule has 1 fully saturated rings. The van der Waals surface area contributed by atoms with Crippen LogP contribution < -0.4 is 4.74 Å². The largest absolute Gasteiger partial charge is 0.493 e. The number of hydrogen-bond acceptors (Lipinski definition) is 4. The summed E-state index contributed by atoms with van der Waals surface area (Å²) in [6.07, 6.45) is 0. The van der Waals surface area contributed by atoms with E-state index in [2.05, 4.69) is 54.7 Å². The number of likely N-dealkylation sites (N-methyl/N-ethyl adjacent to an activating group) is 1. The molecule has 0 saturated carbocycles. The van der Waals surface area contributed by atoms with Gasteiger partial charge in [0.2, 0.25) is 0 Å². The van der Waals surface area contributed by atoms with Crippen molar-refractivity contribution in [1.29, 1.82) is 0 Å². The van der Waals surface area contributed by atoms with Crippen molar-refractivity contribution in [1.82, 2.24) is 19.8 Å². The van der Waals surface area contributed by atoms with Crippen LogP contribution in [0.1, 0.15) is 18.2 Å². The molecule has 1 atom stereocenters. The predicted molar refractivity (Wildman–Crippen MR) is 133 cm³/mol. The first-order chi connectivity index (χ1) is 15.4. The Kier molecular flexibility index (Phi) is 7.19. The highest BCUT2D eigenvalue weighted by Crippen LogP contribution is 2.30. The zero-order chi connectivity index (χ0) is 22.7. The Balaban J connectivity index is 1.39. The molecule has 1 saturated heterocycles. The highest BCUT2D eigenvalue weighted by atomic mass is 35.5. The number of nitrogens with one attached hydrogen (secondary N) is 1. The Morgan fingerprint density at radius 1 is 1.06 bits per heavy atom. The smallest absolute Gasteiger partial charge is 0.138 e. The lowest BCUT2D eigenvalue weighted by atomic mass is 10.1. The van der Waals surface area contributed by atoms with Gasteiger partial charge in [0.15, 0.2) is 0 Å². The highest BCUT2D eigenvalue weighted by Gasteiger charge is 2.17. The van der Waals surface area contributed by atoms with E-state index in [1.807, 2.05) is 30.3 Å². The number of hydrogen-bond donors (Lipinski definition) is 1. The quantitative estimate of drug-likeness (QED) is 0.530. The van der Waals surface area contributed by atoms with Crippen LogP contribution in [-0.4, -0.2) is 66.1 Å². The minimum absolute atomic E-state index is 0.494. The molecule has 0 spiro atoms. The van der Waals surface area contributed by atoms with Crippen molar-refractivity contribution in [2.75, 3.05) is 46.4 Å². The summed E-state index contributed by atoms with van der Waals surface area (Å²) in [5.41, 5.74) is 5.28. The van der Waals surface area contributed by atoms with Gasteiger partial charge < -0.3 is 19.5 Å². The fourth-order valence-electron chi connectivity index (χ4n) is 4.23. The van der Waals surface area contributed by atoms with Gasteiger partial charge >= 0.3 is 0 Å². The molecule has 1 aliphatic heterocycles. The van der Waals surface area contributed by atoms with Gasteiger partial charge in [0, 0.05) is 60.5 Å². The van der Waals surface area contributed by atoms with Crippen LogP contribution in [0.2, 0.25) is 5.02 Å². The summed E-state index contributed by atoms with van der Waals surface area (Å²) in [6.45, 7) is 12.8. The lowest BCUT2D eigenvalue weighted by Crippen LogP contribution is -2.46. The van der Waals surface area contributed by atoms with Gasteiger partial charge in [-0.2, -0.15) is 0 Å². The average Bonchev–Trinajstić information content (AvgIpc) is 3.16. The fourth-order valence-corrected chi connectivity index (χ4v) is 4.36. The molecular formula is C26H33ClN4O. The minimum atomic E-state index is 0.494. The van der Waals surface area contributed by atoms with Crippen molar-refractivity contribution in [3.05, 3.63) is 58.7 Å². The van der Waals surface area contributed by atoms with E-state index in [-0.39, 0.29) is 0 Å². The zero-order valence-corrected chi connectivity index (χ0v) is 20.2. The molecule has 6 heteroatoms. The van der Waals surface area contributed by atoms with E-state index in [4.69, 9.17) is 21.3 Å². The number of aryl methyl sites for hydroxylation is 2. The highest BCUT2D eigenvalue weighted by molar-refractivity contribution is 6.30. The van der Waals surface area contributed by atoms with Crippen molar-refractivity contribution < 1.29 is 4.74 Å². The van der Waals surface area contributed by atoms with Crippen molar-refractivity contribution in [3.8, 4) is 28.4 Å². The summed E-state index contributed by atoms with van der Waals surface area (Å²) in [7, 11) is 2.19. The maximum Gasteiger partial charge on any atom is 0.138 e. The van der Waals surface area contributed by atoms with Crippen LogP contribution in [0.25, 0.3) is 22.6 Å². The van der Waals surface area contributed by atoms with E-state index in [0.717, 1.165) is 84.0 Å². The Labute approximate surface area is 196 Å². The molecule has 0 amide bonds. The van der Waals surface area contributed by atoms with Crippen molar-refractivity contribution >= 4 is 11.6 Å².